The lowest BCUT2D eigenvalue weighted by molar-refractivity contribution is -0.903. The van der Waals surface area contributed by atoms with Crippen LogP contribution in [0.3, 0.4) is 0 Å². The van der Waals surface area contributed by atoms with Gasteiger partial charge in [0.15, 0.2) is 0 Å². The van der Waals surface area contributed by atoms with Crippen LogP contribution in [0.5, 0.6) is 17.2 Å². The lowest BCUT2D eigenvalue weighted by Gasteiger charge is -2.30. The molecule has 1 heterocycles. The van der Waals surface area contributed by atoms with E-state index in [0.29, 0.717) is 48.3 Å². The highest BCUT2D eigenvalue weighted by Gasteiger charge is 2.24. The Hall–Kier alpha value is -4.74. The Morgan fingerprint density at radius 3 is 2.02 bits per heavy atom. The lowest BCUT2D eigenvalue weighted by atomic mass is 10.1. The number of halogens is 3. The summed E-state index contributed by atoms with van der Waals surface area (Å²) in [6.45, 7) is 9.01. The molecule has 0 aliphatic heterocycles. The molecule has 0 bridgehead atoms. The van der Waals surface area contributed by atoms with E-state index in [9.17, 15) is 18.4 Å². The predicted molar refractivity (Wildman–Crippen MR) is 211 cm³/mol. The van der Waals surface area contributed by atoms with Crippen LogP contribution in [0.2, 0.25) is 0 Å². The van der Waals surface area contributed by atoms with Gasteiger partial charge in [-0.05, 0) is 64.3 Å². The Bertz CT molecular complexity index is 2050. The van der Waals surface area contributed by atoms with Crippen LogP contribution in [0.25, 0.3) is 16.6 Å². The molecule has 1 amide bonds. The average Bonchev–Trinajstić information content (AvgIpc) is 3.13. The molecule has 294 valence electrons. The molecule has 5 rings (SSSR count). The number of fused-ring (bicyclic) bond motifs is 1. The van der Waals surface area contributed by atoms with Gasteiger partial charge in [-0.1, -0.05) is 43.2 Å². The number of benzene rings is 4. The Balaban J connectivity index is 0.00000673. The van der Waals surface area contributed by atoms with Crippen LogP contribution >= 0.6 is 0 Å². The fraction of sp³-hybridized carbons (Fsp3) is 0.364. The molecule has 11 heteroatoms. The first-order valence-corrected chi connectivity index (χ1v) is 18.9. The molecule has 0 N–H and O–H groups in total. The zero-order chi connectivity index (χ0) is 38.7. The molecule has 0 saturated heterocycles. The van der Waals surface area contributed by atoms with Crippen molar-refractivity contribution < 1.29 is 49.3 Å². The number of pyridine rings is 1. The highest BCUT2D eigenvalue weighted by atomic mass is 79.9. The number of amides is 1. The second-order valence-electron chi connectivity index (χ2n) is 14.0. The van der Waals surface area contributed by atoms with Crippen LogP contribution in [0.1, 0.15) is 68.8 Å². The SMILES string of the molecule is CCOc1cc(OCC)cc(-n2cc(C(=O)N(CC)c3cc(F)cc(F)c3)c(=O)c3ccc(OCCCCCCC[N+](C)(C)Cc4ccccc4)cc32)c1.[Br-]. The summed E-state index contributed by atoms with van der Waals surface area (Å²) in [6, 6.07) is 24.1. The first-order chi connectivity index (χ1) is 26.0. The maximum Gasteiger partial charge on any atom is 0.263 e. The summed E-state index contributed by atoms with van der Waals surface area (Å²) in [5.74, 6) is -0.647. The highest BCUT2D eigenvalue weighted by molar-refractivity contribution is 6.07. The number of hydrogen-bond acceptors (Lipinski definition) is 5. The number of ether oxygens (including phenoxy) is 3. The van der Waals surface area contributed by atoms with Gasteiger partial charge in [-0.25, -0.2) is 8.78 Å². The molecular formula is C44H52BrF2N3O5. The van der Waals surface area contributed by atoms with Gasteiger partial charge in [-0.2, -0.15) is 0 Å². The van der Waals surface area contributed by atoms with Gasteiger partial charge in [-0.3, -0.25) is 9.59 Å². The predicted octanol–water partition coefficient (Wildman–Crippen LogP) is 6.34. The summed E-state index contributed by atoms with van der Waals surface area (Å²) in [7, 11) is 4.57. The van der Waals surface area contributed by atoms with E-state index in [0.717, 1.165) is 67.9 Å². The van der Waals surface area contributed by atoms with E-state index in [1.807, 2.05) is 13.8 Å². The zero-order valence-corrected chi connectivity index (χ0v) is 34.0. The van der Waals surface area contributed by atoms with Crippen molar-refractivity contribution in [1.82, 2.24) is 4.57 Å². The van der Waals surface area contributed by atoms with Gasteiger partial charge in [0.05, 0.1) is 51.7 Å². The van der Waals surface area contributed by atoms with Crippen molar-refractivity contribution >= 4 is 22.5 Å². The molecule has 8 nitrogen and oxygen atoms in total. The van der Waals surface area contributed by atoms with Crippen molar-refractivity contribution in [3.63, 3.8) is 0 Å². The minimum Gasteiger partial charge on any atom is -1.00 e. The van der Waals surface area contributed by atoms with E-state index in [1.165, 1.54) is 16.7 Å². The minimum absolute atomic E-state index is 0. The Kier molecular flexibility index (Phi) is 15.8. The smallest absolute Gasteiger partial charge is 0.263 e. The number of quaternary nitrogens is 1. The van der Waals surface area contributed by atoms with Crippen molar-refractivity contribution in [2.24, 2.45) is 0 Å². The number of carbonyl (C=O) groups is 1. The van der Waals surface area contributed by atoms with Crippen LogP contribution in [-0.4, -0.2) is 62.0 Å². The Morgan fingerprint density at radius 2 is 1.38 bits per heavy atom. The fourth-order valence-electron chi connectivity index (χ4n) is 6.76. The summed E-state index contributed by atoms with van der Waals surface area (Å²) in [5, 5.41) is 0.281. The number of hydrogen-bond donors (Lipinski definition) is 0. The van der Waals surface area contributed by atoms with Gasteiger partial charge < -0.3 is 45.1 Å². The van der Waals surface area contributed by atoms with Crippen molar-refractivity contribution in [2.75, 3.05) is 51.9 Å². The normalized spacial score (nSPS) is 11.3. The number of aromatic nitrogens is 1. The summed E-state index contributed by atoms with van der Waals surface area (Å²) in [5.41, 5.74) is 1.80. The summed E-state index contributed by atoms with van der Waals surface area (Å²) < 4.78 is 49.0. The molecule has 0 saturated carbocycles. The lowest BCUT2D eigenvalue weighted by Crippen LogP contribution is -3.00. The van der Waals surface area contributed by atoms with Crippen molar-refractivity contribution in [3.8, 4) is 22.9 Å². The van der Waals surface area contributed by atoms with E-state index in [4.69, 9.17) is 14.2 Å². The summed E-state index contributed by atoms with van der Waals surface area (Å²) in [6.07, 6.45) is 6.85. The maximum absolute atomic E-state index is 14.2. The number of anilines is 1. The molecule has 0 fully saturated rings. The third-order valence-corrected chi connectivity index (χ3v) is 9.32. The highest BCUT2D eigenvalue weighted by Crippen LogP contribution is 2.30. The van der Waals surface area contributed by atoms with E-state index >= 15 is 0 Å². The third-order valence-electron chi connectivity index (χ3n) is 9.32. The number of carbonyl (C=O) groups excluding carboxylic acids is 1. The summed E-state index contributed by atoms with van der Waals surface area (Å²) in [4.78, 5) is 29.2. The Morgan fingerprint density at radius 1 is 0.745 bits per heavy atom. The second-order valence-corrected chi connectivity index (χ2v) is 14.0. The van der Waals surface area contributed by atoms with Crippen LogP contribution in [0, 0.1) is 11.6 Å². The molecule has 0 unspecified atom stereocenters. The topological polar surface area (TPSA) is 70.0 Å². The molecule has 0 aliphatic rings. The van der Waals surface area contributed by atoms with Gasteiger partial charge in [0.2, 0.25) is 5.43 Å². The van der Waals surface area contributed by atoms with E-state index < -0.39 is 23.0 Å². The van der Waals surface area contributed by atoms with Crippen molar-refractivity contribution in [3.05, 3.63) is 124 Å². The second kappa shape index (κ2) is 20.3. The Labute approximate surface area is 333 Å². The van der Waals surface area contributed by atoms with Gasteiger partial charge >= 0.3 is 0 Å². The largest absolute Gasteiger partial charge is 1.00 e. The molecule has 0 radical (unpaired) electrons. The number of unbranched alkanes of at least 4 members (excludes halogenated alkanes) is 4. The average molecular weight is 821 g/mol. The van der Waals surface area contributed by atoms with Crippen LogP contribution in [0.4, 0.5) is 14.5 Å². The zero-order valence-electron chi connectivity index (χ0n) is 32.5. The molecule has 0 aliphatic carbocycles. The number of rotatable bonds is 19. The van der Waals surface area contributed by atoms with Crippen LogP contribution in [-0.2, 0) is 6.54 Å². The monoisotopic (exact) mass is 819 g/mol. The molecular weight excluding hydrogens is 768 g/mol. The quantitative estimate of drug-likeness (QED) is 0.0719. The van der Waals surface area contributed by atoms with Crippen molar-refractivity contribution in [2.45, 2.75) is 59.4 Å². The fourth-order valence-corrected chi connectivity index (χ4v) is 6.76. The van der Waals surface area contributed by atoms with Gasteiger partial charge in [-0.15, -0.1) is 0 Å². The third kappa shape index (κ3) is 11.6. The first-order valence-electron chi connectivity index (χ1n) is 18.9. The van der Waals surface area contributed by atoms with Crippen molar-refractivity contribution in [1.29, 1.82) is 0 Å². The van der Waals surface area contributed by atoms with Gasteiger partial charge in [0.1, 0.15) is 41.0 Å². The first kappa shape index (κ1) is 43.0. The standard InChI is InChI=1S/C44H52F2N3O5.BrH/c1-6-47(35-24-33(45)23-34(46)25-35)44(51)41-30-48(36-26-38(52-7-2)28-39(27-36)53-8-3)42-29-37(19-20-40(42)43(41)50)54-22-16-11-9-10-15-21-49(4,5)31-32-17-13-12-14-18-32;/h12-14,17-20,23-30H,6-11,15-16,21-22,31H2,1-5H3;1H/q+1;/p-1. The van der Waals surface area contributed by atoms with Gasteiger partial charge in [0.25, 0.3) is 5.91 Å². The summed E-state index contributed by atoms with van der Waals surface area (Å²) >= 11 is 0. The molecule has 0 spiro atoms. The molecule has 5 aromatic rings. The van der Waals surface area contributed by atoms with E-state index in [1.54, 1.807) is 47.9 Å². The molecule has 55 heavy (non-hydrogen) atoms. The number of nitrogens with zero attached hydrogens (tertiary/aromatic N) is 3. The molecule has 1 aromatic heterocycles. The minimum atomic E-state index is -0.825. The van der Waals surface area contributed by atoms with Crippen LogP contribution in [0.15, 0.2) is 95.9 Å². The molecule has 0 atom stereocenters. The van der Waals surface area contributed by atoms with Gasteiger partial charge in [0, 0.05) is 59.7 Å². The van der Waals surface area contributed by atoms with E-state index in [2.05, 4.69) is 44.4 Å². The molecule has 4 aromatic carbocycles. The van der Waals surface area contributed by atoms with E-state index in [-0.39, 0.29) is 40.2 Å². The van der Waals surface area contributed by atoms with Crippen LogP contribution < -0.4 is 41.5 Å². The maximum atomic E-state index is 14.2.